The molecule has 0 aliphatic heterocycles. The number of rotatable bonds is 0. The molecule has 0 aromatic rings. The van der Waals surface area contributed by atoms with Crippen molar-refractivity contribution in [1.82, 2.24) is 0 Å². The standard InChI is InChI=1S/2C7H10.C2H4O2.C2H6O.C2H6.CH4/c2*1-2-7-4-3-6(1)5-7;1-2(3)4;1-2-3;1-2;/h2*1-2,6-7H,3-5H2;1H3,(H,3,4);3H,2H2,1H3;1-2H3;1H4. The van der Waals surface area contributed by atoms with E-state index in [1.807, 2.05) is 13.8 Å². The number of aliphatic carboxylic acids is 1. The van der Waals surface area contributed by atoms with Crippen molar-refractivity contribution < 1.29 is 15.0 Å². The summed E-state index contributed by atoms with van der Waals surface area (Å²) in [4.78, 5) is 9.00. The predicted molar refractivity (Wildman–Crippen MR) is 104 cm³/mol. The topological polar surface area (TPSA) is 57.5 Å². The Hall–Kier alpha value is -1.09. The number of aliphatic hydroxyl groups excluding tert-OH is 1. The highest BCUT2D eigenvalue weighted by Gasteiger charge is 2.25. The summed E-state index contributed by atoms with van der Waals surface area (Å²) in [6.45, 7) is 7.01. The molecule has 0 spiro atoms. The highest BCUT2D eigenvalue weighted by molar-refractivity contribution is 5.62. The van der Waals surface area contributed by atoms with Crippen molar-refractivity contribution in [3.8, 4) is 0 Å². The lowest BCUT2D eigenvalue weighted by atomic mass is 10.1. The average Bonchev–Trinajstić information content (AvgIpc) is 3.32. The Bertz CT molecular complexity index is 304. The van der Waals surface area contributed by atoms with Crippen LogP contribution in [-0.4, -0.2) is 22.8 Å². The van der Waals surface area contributed by atoms with Gasteiger partial charge in [-0.15, -0.1) is 0 Å². The molecule has 2 fully saturated rings. The van der Waals surface area contributed by atoms with Gasteiger partial charge in [-0.05, 0) is 69.1 Å². The van der Waals surface area contributed by atoms with Crippen LogP contribution in [0.25, 0.3) is 0 Å². The van der Waals surface area contributed by atoms with Gasteiger partial charge in [0.2, 0.25) is 0 Å². The zero-order valence-electron chi connectivity index (χ0n) is 15.4. The molecule has 0 saturated heterocycles. The van der Waals surface area contributed by atoms with Gasteiger partial charge in [0, 0.05) is 13.5 Å². The van der Waals surface area contributed by atoms with Crippen LogP contribution in [0.5, 0.6) is 0 Å². The molecular weight excluding hydrogens is 300 g/mol. The van der Waals surface area contributed by atoms with Crippen LogP contribution >= 0.6 is 0 Å². The molecule has 142 valence electrons. The summed E-state index contributed by atoms with van der Waals surface area (Å²) in [6.07, 6.45) is 18.4. The van der Waals surface area contributed by atoms with E-state index in [4.69, 9.17) is 15.0 Å². The lowest BCUT2D eigenvalue weighted by Gasteiger charge is -1.96. The van der Waals surface area contributed by atoms with Crippen LogP contribution in [0, 0.1) is 23.7 Å². The Balaban J connectivity index is 0. The summed E-state index contributed by atoms with van der Waals surface area (Å²) in [5, 5.41) is 15.0. The molecule has 0 aromatic heterocycles. The van der Waals surface area contributed by atoms with E-state index in [1.54, 1.807) is 6.92 Å². The summed E-state index contributed by atoms with van der Waals surface area (Å²) in [5.41, 5.74) is 0. The number of aliphatic hydroxyl groups is 1. The minimum absolute atomic E-state index is 0. The zero-order valence-corrected chi connectivity index (χ0v) is 15.4. The first kappa shape index (κ1) is 25.2. The molecule has 4 atom stereocenters. The molecular formula is C21H40O3. The third-order valence-corrected chi connectivity index (χ3v) is 4.34. The van der Waals surface area contributed by atoms with Gasteiger partial charge in [-0.2, -0.15) is 0 Å². The quantitative estimate of drug-likeness (QED) is 0.556. The number of fused-ring (bicyclic) bond motifs is 4. The summed E-state index contributed by atoms with van der Waals surface area (Å²) in [6, 6.07) is 0. The minimum atomic E-state index is -0.833. The Morgan fingerprint density at radius 3 is 1.08 bits per heavy atom. The third-order valence-electron chi connectivity index (χ3n) is 4.34. The van der Waals surface area contributed by atoms with Gasteiger partial charge in [-0.1, -0.05) is 45.6 Å². The number of hydrogen-bond donors (Lipinski definition) is 2. The molecule has 2 N–H and O–H groups in total. The molecule has 4 unspecified atom stereocenters. The summed E-state index contributed by atoms with van der Waals surface area (Å²) >= 11 is 0. The van der Waals surface area contributed by atoms with Crippen LogP contribution < -0.4 is 0 Å². The first-order valence-corrected chi connectivity index (χ1v) is 9.22. The normalized spacial score (nSPS) is 28.7. The number of carbonyl (C=O) groups is 1. The fraction of sp³-hybridized carbons (Fsp3) is 0.762. The Morgan fingerprint density at radius 1 is 0.875 bits per heavy atom. The highest BCUT2D eigenvalue weighted by Crippen LogP contribution is 2.38. The van der Waals surface area contributed by atoms with E-state index in [2.05, 4.69) is 24.3 Å². The number of carboxylic acid groups (broad SMARTS) is 1. The van der Waals surface area contributed by atoms with E-state index in [-0.39, 0.29) is 14.0 Å². The molecule has 4 bridgehead atoms. The van der Waals surface area contributed by atoms with Gasteiger partial charge in [0.25, 0.3) is 5.97 Å². The summed E-state index contributed by atoms with van der Waals surface area (Å²) in [7, 11) is 0. The van der Waals surface area contributed by atoms with Crippen molar-refractivity contribution in [2.24, 2.45) is 23.7 Å². The van der Waals surface area contributed by atoms with Crippen molar-refractivity contribution in [2.45, 2.75) is 73.6 Å². The van der Waals surface area contributed by atoms with Crippen molar-refractivity contribution >= 4 is 5.97 Å². The van der Waals surface area contributed by atoms with Crippen molar-refractivity contribution in [1.29, 1.82) is 0 Å². The van der Waals surface area contributed by atoms with E-state index in [0.717, 1.165) is 30.6 Å². The molecule has 4 aliphatic carbocycles. The molecule has 0 radical (unpaired) electrons. The third kappa shape index (κ3) is 11.4. The molecule has 3 nitrogen and oxygen atoms in total. The Kier molecular flexibility index (Phi) is 16.2. The number of allylic oxidation sites excluding steroid dienone is 4. The van der Waals surface area contributed by atoms with Gasteiger partial charge in [0.1, 0.15) is 0 Å². The van der Waals surface area contributed by atoms with E-state index < -0.39 is 5.97 Å². The van der Waals surface area contributed by atoms with Crippen LogP contribution in [0.4, 0.5) is 0 Å². The molecule has 2 saturated carbocycles. The maximum atomic E-state index is 9.00. The van der Waals surface area contributed by atoms with Crippen LogP contribution in [0.1, 0.15) is 73.6 Å². The second kappa shape index (κ2) is 15.4. The van der Waals surface area contributed by atoms with Crippen molar-refractivity contribution in [3.05, 3.63) is 24.3 Å². The van der Waals surface area contributed by atoms with Crippen LogP contribution in [0.3, 0.4) is 0 Å². The fourth-order valence-electron chi connectivity index (χ4n) is 3.43. The molecule has 24 heavy (non-hydrogen) atoms. The monoisotopic (exact) mass is 340 g/mol. The SMILES string of the molecule is C.C1=CC2CCC1C2.C1=CC2CCC1C2.CC.CC(=O)O.CCO. The minimum Gasteiger partial charge on any atom is -0.481 e. The zero-order chi connectivity index (χ0) is 17.7. The molecule has 0 heterocycles. The van der Waals surface area contributed by atoms with Gasteiger partial charge < -0.3 is 10.2 Å². The first-order chi connectivity index (χ1) is 11.0. The lowest BCUT2D eigenvalue weighted by Crippen LogP contribution is -1.82. The van der Waals surface area contributed by atoms with Crippen molar-refractivity contribution in [3.63, 3.8) is 0 Å². The molecule has 0 aromatic carbocycles. The van der Waals surface area contributed by atoms with E-state index in [9.17, 15) is 0 Å². The van der Waals surface area contributed by atoms with Crippen LogP contribution in [-0.2, 0) is 4.79 Å². The maximum absolute atomic E-state index is 9.00. The lowest BCUT2D eigenvalue weighted by molar-refractivity contribution is -0.134. The highest BCUT2D eigenvalue weighted by atomic mass is 16.4. The van der Waals surface area contributed by atoms with Gasteiger partial charge in [0.15, 0.2) is 0 Å². The molecule has 4 aliphatic rings. The largest absolute Gasteiger partial charge is 0.481 e. The molecule has 0 amide bonds. The number of hydrogen-bond acceptors (Lipinski definition) is 2. The maximum Gasteiger partial charge on any atom is 0.300 e. The fourth-order valence-corrected chi connectivity index (χ4v) is 3.43. The van der Waals surface area contributed by atoms with Crippen LogP contribution in [0.2, 0.25) is 0 Å². The first-order valence-electron chi connectivity index (χ1n) is 9.22. The Morgan fingerprint density at radius 2 is 1.04 bits per heavy atom. The van der Waals surface area contributed by atoms with Gasteiger partial charge in [-0.25, -0.2) is 0 Å². The second-order valence-electron chi connectivity index (χ2n) is 6.27. The van der Waals surface area contributed by atoms with Crippen LogP contribution in [0.15, 0.2) is 24.3 Å². The average molecular weight is 341 g/mol. The van der Waals surface area contributed by atoms with Gasteiger partial charge in [-0.3, -0.25) is 4.79 Å². The van der Waals surface area contributed by atoms with E-state index in [0.29, 0.717) is 0 Å². The summed E-state index contributed by atoms with van der Waals surface area (Å²) < 4.78 is 0. The second-order valence-corrected chi connectivity index (χ2v) is 6.27. The molecule has 4 rings (SSSR count). The Labute approximate surface area is 149 Å². The smallest absolute Gasteiger partial charge is 0.300 e. The van der Waals surface area contributed by atoms with Gasteiger partial charge >= 0.3 is 0 Å². The predicted octanol–water partition coefficient (Wildman–Crippen LogP) is 5.70. The van der Waals surface area contributed by atoms with Crippen molar-refractivity contribution in [2.75, 3.05) is 6.61 Å². The van der Waals surface area contributed by atoms with Gasteiger partial charge in [0.05, 0.1) is 0 Å². The summed E-state index contributed by atoms with van der Waals surface area (Å²) in [5.74, 6) is 3.13. The number of carboxylic acids is 1. The van der Waals surface area contributed by atoms with E-state index in [1.165, 1.54) is 38.5 Å². The molecule has 3 heteroatoms. The van der Waals surface area contributed by atoms with E-state index >= 15 is 0 Å².